The molecule has 4 aromatic rings. The number of nitrogens with zero attached hydrogens (tertiary/aromatic N) is 3. The van der Waals surface area contributed by atoms with Crippen LogP contribution in [0.2, 0.25) is 5.02 Å². The van der Waals surface area contributed by atoms with Crippen LogP contribution in [0.4, 0.5) is 0 Å². The fourth-order valence-corrected chi connectivity index (χ4v) is 3.02. The van der Waals surface area contributed by atoms with Crippen molar-refractivity contribution in [1.29, 1.82) is 0 Å². The van der Waals surface area contributed by atoms with E-state index in [0.29, 0.717) is 29.0 Å². The molecule has 28 heavy (non-hydrogen) atoms. The van der Waals surface area contributed by atoms with Gasteiger partial charge in [-0.1, -0.05) is 59.2 Å². The molecule has 0 spiro atoms. The van der Waals surface area contributed by atoms with Crippen LogP contribution < -0.4 is 5.32 Å². The van der Waals surface area contributed by atoms with Gasteiger partial charge in [-0.05, 0) is 29.8 Å². The van der Waals surface area contributed by atoms with Crippen molar-refractivity contribution in [2.24, 2.45) is 0 Å². The molecule has 0 bridgehead atoms. The molecule has 6 nitrogen and oxygen atoms in total. The fraction of sp³-hybridized carbons (Fsp3) is 0.0952. The molecule has 0 radical (unpaired) electrons. The summed E-state index contributed by atoms with van der Waals surface area (Å²) in [6.07, 6.45) is 1.81. The van der Waals surface area contributed by atoms with Crippen molar-refractivity contribution in [2.45, 2.75) is 13.1 Å². The summed E-state index contributed by atoms with van der Waals surface area (Å²) in [7, 11) is 0. The van der Waals surface area contributed by atoms with E-state index in [4.69, 9.17) is 16.1 Å². The SMILES string of the molecule is O=C(Cn1cccc1-c1nc(-c2cccc(Cl)c2)no1)NCc1ccccc1. The average molecular weight is 393 g/mol. The van der Waals surface area contributed by atoms with Gasteiger partial charge in [0, 0.05) is 23.3 Å². The van der Waals surface area contributed by atoms with Crippen LogP contribution in [-0.2, 0) is 17.9 Å². The van der Waals surface area contributed by atoms with Crippen molar-refractivity contribution in [3.8, 4) is 23.0 Å². The Morgan fingerprint density at radius 2 is 1.93 bits per heavy atom. The van der Waals surface area contributed by atoms with Gasteiger partial charge in [0.15, 0.2) is 0 Å². The number of nitrogens with one attached hydrogen (secondary N) is 1. The van der Waals surface area contributed by atoms with E-state index in [2.05, 4.69) is 15.5 Å². The number of hydrogen-bond acceptors (Lipinski definition) is 4. The molecular formula is C21H17ClN4O2. The van der Waals surface area contributed by atoms with Crippen LogP contribution in [-0.4, -0.2) is 20.6 Å². The lowest BCUT2D eigenvalue weighted by molar-refractivity contribution is -0.121. The standard InChI is InChI=1S/C21H17ClN4O2/c22-17-9-4-8-16(12-17)20-24-21(28-25-20)18-10-5-11-26(18)14-19(27)23-13-15-6-2-1-3-7-15/h1-12H,13-14H2,(H,23,27). The molecule has 0 aliphatic carbocycles. The van der Waals surface area contributed by atoms with Crippen LogP contribution in [0.15, 0.2) is 77.4 Å². The molecule has 7 heteroatoms. The predicted molar refractivity (Wildman–Crippen MR) is 106 cm³/mol. The summed E-state index contributed by atoms with van der Waals surface area (Å²) in [6.45, 7) is 0.639. The highest BCUT2D eigenvalue weighted by Crippen LogP contribution is 2.24. The van der Waals surface area contributed by atoms with Crippen LogP contribution in [0.1, 0.15) is 5.56 Å². The second-order valence-corrected chi connectivity index (χ2v) is 6.65. The molecule has 1 N–H and O–H groups in total. The van der Waals surface area contributed by atoms with Crippen LogP contribution in [0.5, 0.6) is 0 Å². The van der Waals surface area contributed by atoms with Crippen molar-refractivity contribution in [3.05, 3.63) is 83.5 Å². The zero-order valence-corrected chi connectivity index (χ0v) is 15.6. The summed E-state index contributed by atoms with van der Waals surface area (Å²) in [5.74, 6) is 0.686. The van der Waals surface area contributed by atoms with E-state index >= 15 is 0 Å². The quantitative estimate of drug-likeness (QED) is 0.534. The van der Waals surface area contributed by atoms with E-state index in [-0.39, 0.29) is 12.5 Å². The summed E-state index contributed by atoms with van der Waals surface area (Å²) >= 11 is 6.02. The summed E-state index contributed by atoms with van der Waals surface area (Å²) in [4.78, 5) is 16.8. The first-order valence-electron chi connectivity index (χ1n) is 8.75. The minimum atomic E-state index is -0.101. The number of rotatable bonds is 6. The summed E-state index contributed by atoms with van der Waals surface area (Å²) in [5.41, 5.74) is 2.49. The first-order chi connectivity index (χ1) is 13.7. The summed E-state index contributed by atoms with van der Waals surface area (Å²) in [6, 6.07) is 20.7. The fourth-order valence-electron chi connectivity index (χ4n) is 2.83. The van der Waals surface area contributed by atoms with Gasteiger partial charge in [-0.15, -0.1) is 0 Å². The van der Waals surface area contributed by atoms with E-state index in [9.17, 15) is 4.79 Å². The largest absolute Gasteiger partial charge is 0.350 e. The summed E-state index contributed by atoms with van der Waals surface area (Å²) < 4.78 is 7.17. The van der Waals surface area contributed by atoms with E-state index < -0.39 is 0 Å². The number of carbonyl (C=O) groups is 1. The van der Waals surface area contributed by atoms with Crippen LogP contribution in [0, 0.1) is 0 Å². The Hall–Kier alpha value is -3.38. The Morgan fingerprint density at radius 1 is 1.07 bits per heavy atom. The molecule has 4 rings (SSSR count). The first-order valence-corrected chi connectivity index (χ1v) is 9.12. The van der Waals surface area contributed by atoms with E-state index in [1.54, 1.807) is 22.9 Å². The predicted octanol–water partition coefficient (Wildman–Crippen LogP) is 4.17. The zero-order valence-electron chi connectivity index (χ0n) is 14.9. The van der Waals surface area contributed by atoms with Gasteiger partial charge in [0.25, 0.3) is 5.89 Å². The molecule has 0 atom stereocenters. The Balaban J connectivity index is 1.46. The smallest absolute Gasteiger partial charge is 0.274 e. The minimum absolute atomic E-state index is 0.101. The van der Waals surface area contributed by atoms with Crippen molar-refractivity contribution in [1.82, 2.24) is 20.0 Å². The topological polar surface area (TPSA) is 73.0 Å². The van der Waals surface area contributed by atoms with Gasteiger partial charge >= 0.3 is 0 Å². The van der Waals surface area contributed by atoms with Crippen molar-refractivity contribution >= 4 is 17.5 Å². The third-order valence-corrected chi connectivity index (χ3v) is 4.44. The molecule has 0 aliphatic rings. The van der Waals surface area contributed by atoms with Gasteiger partial charge in [0.1, 0.15) is 12.2 Å². The Labute approximate surface area is 166 Å². The van der Waals surface area contributed by atoms with E-state index in [1.165, 1.54) is 0 Å². The molecule has 2 aromatic carbocycles. The van der Waals surface area contributed by atoms with Gasteiger partial charge < -0.3 is 14.4 Å². The Morgan fingerprint density at radius 3 is 2.75 bits per heavy atom. The molecule has 0 saturated carbocycles. The second-order valence-electron chi connectivity index (χ2n) is 6.22. The third-order valence-electron chi connectivity index (χ3n) is 4.20. The lowest BCUT2D eigenvalue weighted by Crippen LogP contribution is -2.27. The first kappa shape index (κ1) is 18.0. The molecule has 2 aromatic heterocycles. The van der Waals surface area contributed by atoms with Gasteiger partial charge in [0.2, 0.25) is 11.7 Å². The number of benzene rings is 2. The van der Waals surface area contributed by atoms with E-state index in [0.717, 1.165) is 11.1 Å². The maximum Gasteiger partial charge on any atom is 0.274 e. The molecule has 140 valence electrons. The lowest BCUT2D eigenvalue weighted by Gasteiger charge is -2.08. The molecule has 2 heterocycles. The molecule has 1 amide bonds. The van der Waals surface area contributed by atoms with Gasteiger partial charge in [-0.2, -0.15) is 4.98 Å². The van der Waals surface area contributed by atoms with Gasteiger partial charge in [0.05, 0.1) is 0 Å². The molecule has 0 unspecified atom stereocenters. The van der Waals surface area contributed by atoms with Crippen molar-refractivity contribution in [3.63, 3.8) is 0 Å². The van der Waals surface area contributed by atoms with Crippen LogP contribution in [0.3, 0.4) is 0 Å². The third kappa shape index (κ3) is 4.13. The normalized spacial score (nSPS) is 10.8. The molecular weight excluding hydrogens is 376 g/mol. The monoisotopic (exact) mass is 392 g/mol. The highest BCUT2D eigenvalue weighted by molar-refractivity contribution is 6.30. The molecule has 0 aliphatic heterocycles. The number of amides is 1. The zero-order chi connectivity index (χ0) is 19.3. The minimum Gasteiger partial charge on any atom is -0.350 e. The molecule has 0 saturated heterocycles. The van der Waals surface area contributed by atoms with Crippen molar-refractivity contribution < 1.29 is 9.32 Å². The highest BCUT2D eigenvalue weighted by Gasteiger charge is 2.15. The highest BCUT2D eigenvalue weighted by atomic mass is 35.5. The average Bonchev–Trinajstić information content (AvgIpc) is 3.36. The number of halogens is 1. The molecule has 0 fully saturated rings. The maximum absolute atomic E-state index is 12.3. The van der Waals surface area contributed by atoms with Gasteiger partial charge in [-0.3, -0.25) is 4.79 Å². The van der Waals surface area contributed by atoms with Crippen LogP contribution >= 0.6 is 11.6 Å². The Bertz CT molecular complexity index is 1090. The number of hydrogen-bond donors (Lipinski definition) is 1. The van der Waals surface area contributed by atoms with Crippen molar-refractivity contribution in [2.75, 3.05) is 0 Å². The second kappa shape index (κ2) is 8.10. The Kier molecular flexibility index (Phi) is 5.21. The van der Waals surface area contributed by atoms with E-state index in [1.807, 2.05) is 54.6 Å². The van der Waals surface area contributed by atoms with Gasteiger partial charge in [-0.25, -0.2) is 0 Å². The number of aromatic nitrogens is 3. The number of carbonyl (C=O) groups excluding carboxylic acids is 1. The van der Waals surface area contributed by atoms with Crippen LogP contribution in [0.25, 0.3) is 23.0 Å². The summed E-state index contributed by atoms with van der Waals surface area (Å²) in [5, 5.41) is 7.53. The lowest BCUT2D eigenvalue weighted by atomic mass is 10.2. The maximum atomic E-state index is 12.3.